The van der Waals surface area contributed by atoms with E-state index in [0.717, 1.165) is 29.5 Å². The molecule has 2 N–H and O–H groups in total. The molecule has 0 radical (unpaired) electrons. The van der Waals surface area contributed by atoms with E-state index in [9.17, 15) is 4.79 Å². The molecule has 1 saturated heterocycles. The second kappa shape index (κ2) is 7.11. The summed E-state index contributed by atoms with van der Waals surface area (Å²) < 4.78 is 0.957. The van der Waals surface area contributed by atoms with Gasteiger partial charge in [-0.25, -0.2) is 0 Å². The maximum absolute atomic E-state index is 12.2. The highest BCUT2D eigenvalue weighted by atomic mass is 127. The Hall–Kier alpha value is -0.0400. The Morgan fingerprint density at radius 1 is 1.42 bits per heavy atom. The Labute approximate surface area is 138 Å². The molecule has 1 aromatic rings. The number of carbonyl (C=O) groups is 1. The summed E-state index contributed by atoms with van der Waals surface area (Å²) in [5.41, 5.74) is 0.512. The van der Waals surface area contributed by atoms with Crippen molar-refractivity contribution >= 4 is 52.5 Å². The Kier molecular flexibility index (Phi) is 6.36. The minimum atomic E-state index is -0.113. The molecule has 1 fully saturated rings. The smallest absolute Gasteiger partial charge is 0.251 e. The van der Waals surface area contributed by atoms with E-state index in [4.69, 9.17) is 11.6 Å². The number of carbonyl (C=O) groups excluding carboxylic acids is 1. The van der Waals surface area contributed by atoms with Crippen LogP contribution in [-0.4, -0.2) is 24.5 Å². The van der Waals surface area contributed by atoms with E-state index < -0.39 is 0 Å². The topological polar surface area (TPSA) is 41.1 Å². The molecule has 0 saturated carbocycles. The summed E-state index contributed by atoms with van der Waals surface area (Å²) in [5.74, 6) is -0.0438. The third kappa shape index (κ3) is 4.48. The molecular weight excluding hydrogens is 398 g/mol. The summed E-state index contributed by atoms with van der Waals surface area (Å²) in [4.78, 5) is 12.2. The van der Waals surface area contributed by atoms with E-state index in [2.05, 4.69) is 40.1 Å². The second-order valence-electron chi connectivity index (χ2n) is 4.89. The van der Waals surface area contributed by atoms with Crippen molar-refractivity contribution in [2.24, 2.45) is 0 Å². The number of rotatable bonds is 2. The summed E-state index contributed by atoms with van der Waals surface area (Å²) in [6, 6.07) is 5.40. The Balaban J connectivity index is 0.00000180. The zero-order valence-electron chi connectivity index (χ0n) is 10.6. The fraction of sp³-hybridized carbons (Fsp3) is 0.462. The lowest BCUT2D eigenvalue weighted by molar-refractivity contribution is 0.0887. The highest BCUT2D eigenvalue weighted by Crippen LogP contribution is 2.21. The van der Waals surface area contributed by atoms with Crippen LogP contribution in [0.25, 0.3) is 0 Å². The summed E-state index contributed by atoms with van der Waals surface area (Å²) in [5, 5.41) is 7.04. The van der Waals surface area contributed by atoms with Crippen molar-refractivity contribution in [2.75, 3.05) is 13.1 Å². The van der Waals surface area contributed by atoms with Gasteiger partial charge in [0.1, 0.15) is 0 Å². The van der Waals surface area contributed by atoms with Gasteiger partial charge in [-0.15, -0.1) is 12.4 Å². The summed E-state index contributed by atoms with van der Waals surface area (Å²) in [6.45, 7) is 3.99. The van der Waals surface area contributed by atoms with Gasteiger partial charge in [-0.2, -0.15) is 0 Å². The fourth-order valence-corrected chi connectivity index (χ4v) is 2.60. The fourth-order valence-electron chi connectivity index (χ4n) is 2.09. The number of benzene rings is 1. The van der Waals surface area contributed by atoms with E-state index in [1.54, 1.807) is 6.07 Å². The molecule has 0 spiro atoms. The molecule has 0 bridgehead atoms. The van der Waals surface area contributed by atoms with Crippen molar-refractivity contribution in [3.63, 3.8) is 0 Å². The van der Waals surface area contributed by atoms with Crippen LogP contribution in [0.4, 0.5) is 0 Å². The Morgan fingerprint density at radius 3 is 2.63 bits per heavy atom. The number of hydrogen-bond acceptors (Lipinski definition) is 2. The molecule has 1 aromatic carbocycles. The minimum absolute atomic E-state index is 0. The Morgan fingerprint density at radius 2 is 2.05 bits per heavy atom. The molecule has 1 heterocycles. The van der Waals surface area contributed by atoms with Crippen LogP contribution in [0.1, 0.15) is 30.1 Å². The lowest BCUT2D eigenvalue weighted by atomic mass is 9.90. The van der Waals surface area contributed by atoms with Crippen LogP contribution in [0.15, 0.2) is 18.2 Å². The monoisotopic (exact) mass is 414 g/mol. The predicted molar refractivity (Wildman–Crippen MR) is 89.4 cm³/mol. The maximum Gasteiger partial charge on any atom is 0.251 e. The van der Waals surface area contributed by atoms with E-state index in [-0.39, 0.29) is 23.9 Å². The van der Waals surface area contributed by atoms with Crippen molar-refractivity contribution < 1.29 is 4.79 Å². The molecule has 0 aromatic heterocycles. The van der Waals surface area contributed by atoms with Gasteiger partial charge in [0.15, 0.2) is 0 Å². The lowest BCUT2D eigenvalue weighted by Gasteiger charge is -2.35. The Bertz CT molecular complexity index is 462. The van der Waals surface area contributed by atoms with Crippen LogP contribution in [0.2, 0.25) is 5.02 Å². The molecule has 0 atom stereocenters. The number of nitrogens with one attached hydrogen (secondary N) is 2. The number of amides is 1. The third-order valence-corrected chi connectivity index (χ3v) is 4.88. The lowest BCUT2D eigenvalue weighted by Crippen LogP contribution is -2.52. The van der Waals surface area contributed by atoms with E-state index in [1.807, 2.05) is 12.1 Å². The SMILES string of the molecule is CC1(NC(=O)c2ccc(I)c(Cl)c2)CCNCC1.Cl. The summed E-state index contributed by atoms with van der Waals surface area (Å²) >= 11 is 8.19. The highest BCUT2D eigenvalue weighted by molar-refractivity contribution is 14.1. The average molecular weight is 415 g/mol. The summed E-state index contributed by atoms with van der Waals surface area (Å²) in [7, 11) is 0. The molecule has 1 amide bonds. The van der Waals surface area contributed by atoms with E-state index >= 15 is 0 Å². The molecule has 6 heteroatoms. The van der Waals surface area contributed by atoms with Crippen LogP contribution in [0.5, 0.6) is 0 Å². The molecule has 0 unspecified atom stereocenters. The van der Waals surface area contributed by atoms with Crippen molar-refractivity contribution in [1.29, 1.82) is 0 Å². The average Bonchev–Trinajstić information content (AvgIpc) is 2.33. The van der Waals surface area contributed by atoms with Gasteiger partial charge in [0.25, 0.3) is 5.91 Å². The van der Waals surface area contributed by atoms with Crippen LogP contribution in [0, 0.1) is 3.57 Å². The molecule has 106 valence electrons. The first-order valence-corrected chi connectivity index (χ1v) is 7.44. The molecular formula is C13H17Cl2IN2O. The van der Waals surface area contributed by atoms with Crippen LogP contribution < -0.4 is 10.6 Å². The zero-order valence-corrected chi connectivity index (χ0v) is 14.4. The van der Waals surface area contributed by atoms with Crippen molar-refractivity contribution in [1.82, 2.24) is 10.6 Å². The first kappa shape index (κ1) is 17.0. The normalized spacial score (nSPS) is 17.4. The number of halogens is 3. The van der Waals surface area contributed by atoms with Crippen LogP contribution in [0.3, 0.4) is 0 Å². The third-order valence-electron chi connectivity index (χ3n) is 3.30. The first-order chi connectivity index (χ1) is 8.50. The van der Waals surface area contributed by atoms with Crippen molar-refractivity contribution in [3.05, 3.63) is 32.4 Å². The van der Waals surface area contributed by atoms with Crippen LogP contribution >= 0.6 is 46.6 Å². The van der Waals surface area contributed by atoms with Gasteiger partial charge < -0.3 is 10.6 Å². The van der Waals surface area contributed by atoms with Crippen molar-refractivity contribution in [2.45, 2.75) is 25.3 Å². The largest absolute Gasteiger partial charge is 0.347 e. The van der Waals surface area contributed by atoms with E-state index in [0.29, 0.717) is 10.6 Å². The molecule has 0 aliphatic carbocycles. The molecule has 2 rings (SSSR count). The van der Waals surface area contributed by atoms with Gasteiger partial charge in [-0.05, 0) is 73.6 Å². The zero-order chi connectivity index (χ0) is 13.2. The summed E-state index contributed by atoms with van der Waals surface area (Å²) in [6.07, 6.45) is 1.91. The number of hydrogen-bond donors (Lipinski definition) is 2. The van der Waals surface area contributed by atoms with Crippen molar-refractivity contribution in [3.8, 4) is 0 Å². The van der Waals surface area contributed by atoms with Gasteiger partial charge in [0.05, 0.1) is 5.02 Å². The quantitative estimate of drug-likeness (QED) is 0.729. The molecule has 1 aliphatic heterocycles. The van der Waals surface area contributed by atoms with Gasteiger partial charge in [0.2, 0.25) is 0 Å². The maximum atomic E-state index is 12.2. The second-order valence-corrected chi connectivity index (χ2v) is 6.46. The van der Waals surface area contributed by atoms with Gasteiger partial charge in [-0.1, -0.05) is 11.6 Å². The van der Waals surface area contributed by atoms with Crippen LogP contribution in [-0.2, 0) is 0 Å². The highest BCUT2D eigenvalue weighted by Gasteiger charge is 2.28. The molecule has 1 aliphatic rings. The minimum Gasteiger partial charge on any atom is -0.347 e. The molecule has 19 heavy (non-hydrogen) atoms. The number of piperidine rings is 1. The standard InChI is InChI=1S/C13H16ClIN2O.ClH/c1-13(4-6-16-7-5-13)17-12(18)9-2-3-11(15)10(14)8-9;/h2-3,8,16H,4-7H2,1H3,(H,17,18);1H. The van der Waals surface area contributed by atoms with Gasteiger partial charge >= 0.3 is 0 Å². The van der Waals surface area contributed by atoms with Gasteiger partial charge in [-0.3, -0.25) is 4.79 Å². The van der Waals surface area contributed by atoms with E-state index in [1.165, 1.54) is 0 Å². The predicted octanol–water partition coefficient (Wildman–Crippen LogP) is 3.24. The first-order valence-electron chi connectivity index (χ1n) is 5.98. The molecule has 3 nitrogen and oxygen atoms in total. The van der Waals surface area contributed by atoms with Gasteiger partial charge in [0, 0.05) is 14.7 Å².